The topological polar surface area (TPSA) is 95.4 Å². The lowest BCUT2D eigenvalue weighted by Crippen LogP contribution is -2.47. The molecule has 1 unspecified atom stereocenters. The molecule has 3 aliphatic rings. The van der Waals surface area contributed by atoms with E-state index in [-0.39, 0.29) is 23.7 Å². The zero-order valence-corrected chi connectivity index (χ0v) is 24.2. The highest BCUT2D eigenvalue weighted by atomic mass is 35.5. The third-order valence-corrected chi connectivity index (χ3v) is 8.67. The minimum Gasteiger partial charge on any atom is -0.478 e. The van der Waals surface area contributed by atoms with Crippen LogP contribution >= 0.6 is 11.6 Å². The van der Waals surface area contributed by atoms with Crippen molar-refractivity contribution in [2.45, 2.75) is 37.9 Å². The van der Waals surface area contributed by atoms with Crippen LogP contribution < -0.4 is 4.74 Å². The Balaban J connectivity index is 1.06. The summed E-state index contributed by atoms with van der Waals surface area (Å²) < 4.78 is 11.3. The number of hydrogen-bond acceptors (Lipinski definition) is 6. The van der Waals surface area contributed by atoms with Crippen LogP contribution in [0, 0.1) is 5.92 Å². The molecule has 2 aromatic carbocycles. The molecule has 3 saturated heterocycles. The minimum atomic E-state index is -0.974. The summed E-state index contributed by atoms with van der Waals surface area (Å²) in [5.74, 6) is 0.412. The number of amides is 2. The van der Waals surface area contributed by atoms with E-state index in [0.29, 0.717) is 29.1 Å². The number of carbonyl (C=O) groups excluding carboxylic acids is 1. The van der Waals surface area contributed by atoms with E-state index in [2.05, 4.69) is 20.9 Å². The summed E-state index contributed by atoms with van der Waals surface area (Å²) in [5, 5.41) is 9.75. The van der Waals surface area contributed by atoms with Crippen LogP contribution in [0.1, 0.15) is 46.8 Å². The summed E-state index contributed by atoms with van der Waals surface area (Å²) >= 11 is 6.36. The van der Waals surface area contributed by atoms with Crippen molar-refractivity contribution < 1.29 is 24.2 Å². The predicted molar refractivity (Wildman–Crippen MR) is 158 cm³/mol. The molecular weight excluding hydrogens is 556 g/mol. The van der Waals surface area contributed by atoms with Gasteiger partial charge in [0, 0.05) is 68.6 Å². The quantitative estimate of drug-likeness (QED) is 0.341. The molecule has 10 heteroatoms. The maximum Gasteiger partial charge on any atom is 0.335 e. The van der Waals surface area contributed by atoms with Gasteiger partial charge in [-0.05, 0) is 66.8 Å². The fourth-order valence-corrected chi connectivity index (χ4v) is 6.42. The van der Waals surface area contributed by atoms with Crippen LogP contribution in [0.4, 0.5) is 4.79 Å². The molecule has 1 N–H and O–H groups in total. The fourth-order valence-electron chi connectivity index (χ4n) is 6.22. The summed E-state index contributed by atoms with van der Waals surface area (Å²) in [7, 11) is 0. The van der Waals surface area contributed by atoms with E-state index in [1.807, 2.05) is 41.4 Å². The molecule has 2 amide bonds. The first-order valence-electron chi connectivity index (χ1n) is 14.5. The van der Waals surface area contributed by atoms with Crippen molar-refractivity contribution in [2.75, 3.05) is 39.4 Å². The lowest BCUT2D eigenvalue weighted by molar-refractivity contribution is 0.0696. The Bertz CT molecular complexity index is 1390. The number of carboxylic acids is 1. The Morgan fingerprint density at radius 1 is 1.07 bits per heavy atom. The van der Waals surface area contributed by atoms with Gasteiger partial charge in [0.15, 0.2) is 0 Å². The molecule has 42 heavy (non-hydrogen) atoms. The molecular formula is C32H35ClN4O5. The van der Waals surface area contributed by atoms with Crippen LogP contribution in [0.2, 0.25) is 5.02 Å². The monoisotopic (exact) mass is 590 g/mol. The lowest BCUT2D eigenvalue weighted by atomic mass is 9.99. The van der Waals surface area contributed by atoms with Crippen LogP contribution in [-0.4, -0.2) is 82.2 Å². The second kappa shape index (κ2) is 12.7. The smallest absolute Gasteiger partial charge is 0.335 e. The first-order chi connectivity index (χ1) is 20.4. The highest BCUT2D eigenvalue weighted by Gasteiger charge is 2.43. The van der Waals surface area contributed by atoms with E-state index in [0.717, 1.165) is 69.8 Å². The molecule has 0 spiro atoms. The number of ether oxygens (including phenoxy) is 2. The lowest BCUT2D eigenvalue weighted by Gasteiger charge is -2.39. The Hall–Kier alpha value is -3.66. The molecule has 0 aliphatic carbocycles. The number of carboxylic acid groups (broad SMARTS) is 1. The van der Waals surface area contributed by atoms with Gasteiger partial charge in [0.1, 0.15) is 5.75 Å². The average molecular weight is 591 g/mol. The largest absolute Gasteiger partial charge is 0.478 e. The third-order valence-electron chi connectivity index (χ3n) is 8.43. The summed E-state index contributed by atoms with van der Waals surface area (Å²) in [4.78, 5) is 35.8. The molecule has 0 radical (unpaired) electrons. The maximum atomic E-state index is 13.8. The van der Waals surface area contributed by atoms with Crippen molar-refractivity contribution >= 4 is 23.6 Å². The Labute approximate surface area is 250 Å². The number of aromatic nitrogens is 1. The number of hydrogen-bond donors (Lipinski definition) is 1. The number of aromatic carboxylic acids is 1. The number of pyridine rings is 1. The van der Waals surface area contributed by atoms with Crippen molar-refractivity contribution in [3.05, 3.63) is 88.6 Å². The van der Waals surface area contributed by atoms with Crippen molar-refractivity contribution in [3.63, 3.8) is 0 Å². The highest BCUT2D eigenvalue weighted by Crippen LogP contribution is 2.36. The number of halogens is 1. The molecule has 1 aromatic heterocycles. The fraction of sp³-hybridized carbons (Fsp3) is 0.406. The van der Waals surface area contributed by atoms with E-state index in [1.165, 1.54) is 12.1 Å². The first kappa shape index (κ1) is 28.5. The molecule has 0 bridgehead atoms. The molecule has 3 aromatic rings. The number of carbonyl (C=O) groups is 2. The zero-order chi connectivity index (χ0) is 29.1. The molecule has 9 nitrogen and oxygen atoms in total. The number of benzene rings is 2. The molecule has 3 aliphatic heterocycles. The number of likely N-dealkylation sites (tertiary alicyclic amines) is 1. The van der Waals surface area contributed by atoms with Crippen LogP contribution in [0.5, 0.6) is 11.6 Å². The van der Waals surface area contributed by atoms with E-state index in [4.69, 9.17) is 26.2 Å². The molecule has 4 heterocycles. The normalized spacial score (nSPS) is 21.7. The zero-order valence-electron chi connectivity index (χ0n) is 23.4. The summed E-state index contributed by atoms with van der Waals surface area (Å²) in [6.07, 6.45) is 4.64. The van der Waals surface area contributed by atoms with Gasteiger partial charge in [-0.15, -0.1) is 0 Å². The van der Waals surface area contributed by atoms with Gasteiger partial charge in [0.05, 0.1) is 18.2 Å². The second-order valence-electron chi connectivity index (χ2n) is 11.3. The van der Waals surface area contributed by atoms with Crippen LogP contribution in [0.3, 0.4) is 0 Å². The van der Waals surface area contributed by atoms with Crippen LogP contribution in [0.15, 0.2) is 66.9 Å². The summed E-state index contributed by atoms with van der Waals surface area (Å²) in [6, 6.07) is 18.3. The van der Waals surface area contributed by atoms with Gasteiger partial charge < -0.3 is 24.4 Å². The second-order valence-corrected chi connectivity index (χ2v) is 11.8. The molecule has 220 valence electrons. The van der Waals surface area contributed by atoms with E-state index in [9.17, 15) is 9.59 Å². The molecule has 0 saturated carbocycles. The van der Waals surface area contributed by atoms with Crippen LogP contribution in [-0.2, 0) is 11.3 Å². The Morgan fingerprint density at radius 2 is 1.88 bits per heavy atom. The predicted octanol–water partition coefficient (Wildman–Crippen LogP) is 5.71. The molecule has 3 fully saturated rings. The molecule has 6 rings (SSSR count). The average Bonchev–Trinajstić information content (AvgIpc) is 3.63. The van der Waals surface area contributed by atoms with Gasteiger partial charge in [0.25, 0.3) is 0 Å². The molecule has 2 atom stereocenters. The number of piperidine rings is 1. The van der Waals surface area contributed by atoms with Gasteiger partial charge in [-0.25, -0.2) is 14.6 Å². The van der Waals surface area contributed by atoms with Crippen molar-refractivity contribution in [1.82, 2.24) is 19.7 Å². The van der Waals surface area contributed by atoms with Gasteiger partial charge in [0.2, 0.25) is 5.88 Å². The minimum absolute atomic E-state index is 0.00727. The van der Waals surface area contributed by atoms with E-state index < -0.39 is 5.97 Å². The first-order valence-corrected chi connectivity index (χ1v) is 14.9. The van der Waals surface area contributed by atoms with E-state index in [1.54, 1.807) is 12.1 Å². The van der Waals surface area contributed by atoms with E-state index >= 15 is 0 Å². The van der Waals surface area contributed by atoms with Gasteiger partial charge in [-0.1, -0.05) is 29.8 Å². The van der Waals surface area contributed by atoms with Crippen molar-refractivity contribution in [1.29, 1.82) is 0 Å². The van der Waals surface area contributed by atoms with Gasteiger partial charge in [-0.2, -0.15) is 0 Å². The maximum absolute atomic E-state index is 13.8. The van der Waals surface area contributed by atoms with Crippen LogP contribution in [0.25, 0.3) is 0 Å². The SMILES string of the molecule is O=C(O)c1ccc(Oc2ccc(CN3CCC(N4C(=O)N(CC5CCOC5)C[C@H]4c4cccc(Cl)c4)CC3)cn2)cc1. The Morgan fingerprint density at radius 3 is 2.55 bits per heavy atom. The number of urea groups is 1. The summed E-state index contributed by atoms with van der Waals surface area (Å²) in [5.41, 5.74) is 2.38. The van der Waals surface area contributed by atoms with Crippen molar-refractivity contribution in [3.8, 4) is 11.6 Å². The summed E-state index contributed by atoms with van der Waals surface area (Å²) in [6.45, 7) is 5.48. The van der Waals surface area contributed by atoms with Gasteiger partial charge >= 0.3 is 12.0 Å². The van der Waals surface area contributed by atoms with Gasteiger partial charge in [-0.3, -0.25) is 4.90 Å². The third kappa shape index (κ3) is 6.53. The number of rotatable bonds is 9. The highest BCUT2D eigenvalue weighted by molar-refractivity contribution is 6.30. The van der Waals surface area contributed by atoms with Crippen molar-refractivity contribution in [2.24, 2.45) is 5.92 Å². The standard InChI is InChI=1S/C32H35ClN4O5/c33-26-3-1-2-25(16-26)29-20-36(19-23-12-15-41-21-23)32(40)37(29)27-10-13-35(14-11-27)18-22-4-9-30(34-17-22)42-28-7-5-24(6-8-28)31(38)39/h1-9,16-17,23,27,29H,10-15,18-21H2,(H,38,39)/t23?,29-/m0/s1. The number of nitrogens with zero attached hydrogens (tertiary/aromatic N) is 4. The Kier molecular flexibility index (Phi) is 8.60.